The monoisotopic (exact) mass is 478 g/mol. The first kappa shape index (κ1) is 22.9. The Morgan fingerprint density at radius 1 is 1.18 bits per heavy atom. The molecule has 6 nitrogen and oxygen atoms in total. The number of benzene rings is 3. The topological polar surface area (TPSA) is 69.0 Å². The van der Waals surface area contributed by atoms with Crippen molar-refractivity contribution in [2.24, 2.45) is 0 Å². The molecule has 3 aromatic carbocycles. The molecular weight excluding hydrogens is 456 g/mol. The van der Waals surface area contributed by atoms with Crippen molar-refractivity contribution in [3.63, 3.8) is 0 Å². The number of carbonyl (C=O) groups is 1. The van der Waals surface area contributed by atoms with Crippen molar-refractivity contribution in [2.75, 3.05) is 11.1 Å². The minimum Gasteiger partial charge on any atom is -0.486 e. The second-order valence-corrected chi connectivity index (χ2v) is 8.71. The van der Waals surface area contributed by atoms with E-state index in [-0.39, 0.29) is 18.3 Å². The van der Waals surface area contributed by atoms with Crippen LogP contribution in [-0.4, -0.2) is 26.4 Å². The van der Waals surface area contributed by atoms with Crippen LogP contribution in [0.2, 0.25) is 5.02 Å². The van der Waals surface area contributed by atoms with E-state index in [4.69, 9.17) is 16.3 Å². The van der Waals surface area contributed by atoms with Gasteiger partial charge in [-0.1, -0.05) is 65.8 Å². The summed E-state index contributed by atoms with van der Waals surface area (Å²) < 4.78 is 7.76. The van der Waals surface area contributed by atoms with Crippen molar-refractivity contribution in [3.8, 4) is 5.75 Å². The van der Waals surface area contributed by atoms with E-state index in [1.807, 2.05) is 66.1 Å². The van der Waals surface area contributed by atoms with E-state index < -0.39 is 0 Å². The summed E-state index contributed by atoms with van der Waals surface area (Å²) in [7, 11) is 0. The van der Waals surface area contributed by atoms with Gasteiger partial charge in [-0.2, -0.15) is 0 Å². The molecule has 1 N–H and O–H groups in total. The first-order valence-electron chi connectivity index (χ1n) is 10.4. The molecule has 0 radical (unpaired) electrons. The summed E-state index contributed by atoms with van der Waals surface area (Å²) in [5.74, 6) is 1.45. The summed E-state index contributed by atoms with van der Waals surface area (Å²) in [5, 5.41) is 14.9. The maximum Gasteiger partial charge on any atom is 0.234 e. The highest BCUT2D eigenvalue weighted by molar-refractivity contribution is 7.99. The molecule has 4 rings (SSSR count). The Hall–Kier alpha value is -3.29. The molecule has 0 atom stereocenters. The van der Waals surface area contributed by atoms with Crippen molar-refractivity contribution < 1.29 is 9.53 Å². The number of thioether (sulfide) groups is 1. The molecule has 0 fully saturated rings. The van der Waals surface area contributed by atoms with E-state index in [2.05, 4.69) is 22.1 Å². The lowest BCUT2D eigenvalue weighted by Crippen LogP contribution is -2.15. The molecule has 0 saturated heterocycles. The van der Waals surface area contributed by atoms with Crippen LogP contribution in [0.1, 0.15) is 11.4 Å². The fourth-order valence-electron chi connectivity index (χ4n) is 3.35. The van der Waals surface area contributed by atoms with Crippen LogP contribution in [0.4, 0.5) is 5.69 Å². The zero-order chi connectivity index (χ0) is 23.2. The molecule has 0 spiro atoms. The lowest BCUT2D eigenvalue weighted by atomic mass is 10.1. The SMILES string of the molecule is C=CCn1c(COc2ccc(Cl)c(C)c2)nnc1SCC(=O)Nc1cccc2ccccc12. The smallest absolute Gasteiger partial charge is 0.234 e. The molecule has 0 aliphatic carbocycles. The fourth-order valence-corrected chi connectivity index (χ4v) is 4.23. The lowest BCUT2D eigenvalue weighted by molar-refractivity contribution is -0.113. The van der Waals surface area contributed by atoms with Crippen molar-refractivity contribution in [1.29, 1.82) is 0 Å². The predicted octanol–water partition coefficient (Wildman–Crippen LogP) is 5.89. The number of carbonyl (C=O) groups excluding carboxylic acids is 1. The molecule has 1 amide bonds. The first-order chi connectivity index (χ1) is 16.0. The second-order valence-electron chi connectivity index (χ2n) is 7.36. The van der Waals surface area contributed by atoms with E-state index in [0.29, 0.717) is 28.3 Å². The van der Waals surface area contributed by atoms with Crippen LogP contribution in [-0.2, 0) is 17.9 Å². The minimum atomic E-state index is -0.112. The molecule has 1 aromatic heterocycles. The second kappa shape index (κ2) is 10.6. The number of halogens is 1. The maximum atomic E-state index is 12.6. The number of amides is 1. The summed E-state index contributed by atoms with van der Waals surface area (Å²) in [6.45, 7) is 6.49. The molecule has 0 aliphatic heterocycles. The third-order valence-corrected chi connectivity index (χ3v) is 6.39. The molecule has 1 heterocycles. The normalized spacial score (nSPS) is 10.8. The molecule has 168 valence electrons. The van der Waals surface area contributed by atoms with Crippen LogP contribution in [0.3, 0.4) is 0 Å². The predicted molar refractivity (Wildman–Crippen MR) is 134 cm³/mol. The number of aryl methyl sites for hydroxylation is 1. The quantitative estimate of drug-likeness (QED) is 0.240. The molecule has 4 aromatic rings. The molecule has 0 saturated carbocycles. The molecule has 8 heteroatoms. The third-order valence-electron chi connectivity index (χ3n) is 5.00. The van der Waals surface area contributed by atoms with Gasteiger partial charge in [-0.25, -0.2) is 0 Å². The number of hydrogen-bond donors (Lipinski definition) is 1. The highest BCUT2D eigenvalue weighted by Gasteiger charge is 2.15. The van der Waals surface area contributed by atoms with Gasteiger partial charge in [0.2, 0.25) is 5.91 Å². The zero-order valence-corrected chi connectivity index (χ0v) is 19.7. The van der Waals surface area contributed by atoms with E-state index in [0.717, 1.165) is 22.0 Å². The summed E-state index contributed by atoms with van der Waals surface area (Å²) in [5.41, 5.74) is 1.73. The zero-order valence-electron chi connectivity index (χ0n) is 18.1. The summed E-state index contributed by atoms with van der Waals surface area (Å²) in [6.07, 6.45) is 1.76. The van der Waals surface area contributed by atoms with E-state index in [1.54, 1.807) is 12.1 Å². The van der Waals surface area contributed by atoms with Gasteiger partial charge in [0.05, 0.1) is 5.75 Å². The fraction of sp³-hybridized carbons (Fsp3) is 0.160. The van der Waals surface area contributed by atoms with Gasteiger partial charge < -0.3 is 10.1 Å². The third kappa shape index (κ3) is 5.56. The van der Waals surface area contributed by atoms with Crippen LogP contribution < -0.4 is 10.1 Å². The van der Waals surface area contributed by atoms with Crippen LogP contribution in [0.25, 0.3) is 10.8 Å². The number of rotatable bonds is 9. The van der Waals surface area contributed by atoms with E-state index in [9.17, 15) is 4.79 Å². The van der Waals surface area contributed by atoms with E-state index >= 15 is 0 Å². The Morgan fingerprint density at radius 3 is 2.82 bits per heavy atom. The van der Waals surface area contributed by atoms with Gasteiger partial charge in [-0.3, -0.25) is 9.36 Å². The van der Waals surface area contributed by atoms with Gasteiger partial charge in [0.1, 0.15) is 12.4 Å². The average molecular weight is 479 g/mol. The minimum absolute atomic E-state index is 0.112. The number of fused-ring (bicyclic) bond motifs is 1. The largest absolute Gasteiger partial charge is 0.486 e. The van der Waals surface area contributed by atoms with Crippen molar-refractivity contribution >= 4 is 45.7 Å². The molecule has 33 heavy (non-hydrogen) atoms. The number of anilines is 1. The highest BCUT2D eigenvalue weighted by atomic mass is 35.5. The van der Waals surface area contributed by atoms with Gasteiger partial charge in [-0.05, 0) is 42.1 Å². The van der Waals surface area contributed by atoms with Crippen molar-refractivity contribution in [3.05, 3.63) is 89.7 Å². The van der Waals surface area contributed by atoms with Crippen LogP contribution in [0, 0.1) is 6.92 Å². The average Bonchev–Trinajstić information content (AvgIpc) is 3.20. The number of allylic oxidation sites excluding steroid dienone is 1. The van der Waals surface area contributed by atoms with Gasteiger partial charge in [-0.15, -0.1) is 16.8 Å². The lowest BCUT2D eigenvalue weighted by Gasteiger charge is -2.10. The van der Waals surface area contributed by atoms with Crippen LogP contribution in [0.5, 0.6) is 5.75 Å². The number of aromatic nitrogens is 3. The van der Waals surface area contributed by atoms with Crippen molar-refractivity contribution in [2.45, 2.75) is 25.2 Å². The van der Waals surface area contributed by atoms with Gasteiger partial charge in [0.15, 0.2) is 11.0 Å². The first-order valence-corrected chi connectivity index (χ1v) is 11.7. The van der Waals surface area contributed by atoms with Crippen molar-refractivity contribution in [1.82, 2.24) is 14.8 Å². The van der Waals surface area contributed by atoms with Gasteiger partial charge >= 0.3 is 0 Å². The Kier molecular flexibility index (Phi) is 7.32. The van der Waals surface area contributed by atoms with Gasteiger partial charge in [0.25, 0.3) is 0 Å². The number of hydrogen-bond acceptors (Lipinski definition) is 5. The number of ether oxygens (including phenoxy) is 1. The summed E-state index contributed by atoms with van der Waals surface area (Å²) >= 11 is 7.40. The molecular formula is C25H23ClN4O2S. The molecule has 0 unspecified atom stereocenters. The molecule has 0 aliphatic rings. The standard InChI is InChI=1S/C25H23ClN4O2S/c1-3-13-30-23(15-32-19-11-12-21(26)17(2)14-19)28-29-25(30)33-16-24(31)27-22-10-6-8-18-7-4-5-9-20(18)22/h3-12,14H,1,13,15-16H2,2H3,(H,27,31). The Morgan fingerprint density at radius 2 is 2.00 bits per heavy atom. The van der Waals surface area contributed by atoms with Crippen LogP contribution >= 0.6 is 23.4 Å². The number of nitrogens with one attached hydrogen (secondary N) is 1. The summed E-state index contributed by atoms with van der Waals surface area (Å²) in [6, 6.07) is 19.3. The van der Waals surface area contributed by atoms with E-state index in [1.165, 1.54) is 11.8 Å². The maximum absolute atomic E-state index is 12.6. The Labute approximate surface area is 201 Å². The summed E-state index contributed by atoms with van der Waals surface area (Å²) in [4.78, 5) is 12.6. The Balaban J connectivity index is 1.41. The Bertz CT molecular complexity index is 1300. The molecule has 0 bridgehead atoms. The number of nitrogens with zero attached hydrogens (tertiary/aromatic N) is 3. The van der Waals surface area contributed by atoms with Crippen LogP contribution in [0.15, 0.2) is 78.5 Å². The highest BCUT2D eigenvalue weighted by Crippen LogP contribution is 2.25. The van der Waals surface area contributed by atoms with Gasteiger partial charge in [0, 0.05) is 22.6 Å².